The van der Waals surface area contributed by atoms with E-state index in [1.54, 1.807) is 42.2 Å². The third kappa shape index (κ3) is 5.12. The van der Waals surface area contributed by atoms with Crippen LogP contribution in [0.15, 0.2) is 53.4 Å². The average molecular weight is 451 g/mol. The first kappa shape index (κ1) is 22.1. The van der Waals surface area contributed by atoms with E-state index in [0.29, 0.717) is 38.2 Å². The lowest BCUT2D eigenvalue weighted by Crippen LogP contribution is -2.40. The van der Waals surface area contributed by atoms with Crippen LogP contribution < -0.4 is 4.72 Å². The van der Waals surface area contributed by atoms with Crippen LogP contribution in [-0.4, -0.2) is 44.9 Å². The van der Waals surface area contributed by atoms with E-state index in [4.69, 9.17) is 16.3 Å². The maximum atomic E-state index is 12.9. The first-order valence-corrected chi connectivity index (χ1v) is 11.5. The highest BCUT2D eigenvalue weighted by Crippen LogP contribution is 2.27. The molecule has 7 nitrogen and oxygen atoms in total. The fraction of sp³-hybridized carbons (Fsp3) is 0.333. The summed E-state index contributed by atoms with van der Waals surface area (Å²) in [5.41, 5.74) is 0.619. The third-order valence-corrected chi connectivity index (χ3v) is 6.76. The van der Waals surface area contributed by atoms with Gasteiger partial charge in [-0.15, -0.1) is 0 Å². The molecule has 9 heteroatoms. The summed E-state index contributed by atoms with van der Waals surface area (Å²) >= 11 is 6.13. The van der Waals surface area contributed by atoms with Crippen LogP contribution in [0.4, 0.5) is 5.69 Å². The number of nitrogens with one attached hydrogen (secondary N) is 1. The van der Waals surface area contributed by atoms with Crippen LogP contribution >= 0.6 is 11.6 Å². The summed E-state index contributed by atoms with van der Waals surface area (Å²) in [4.78, 5) is 26.2. The smallest absolute Gasteiger partial charge is 0.309 e. The van der Waals surface area contributed by atoms with Gasteiger partial charge in [0.2, 0.25) is 0 Å². The number of amides is 1. The van der Waals surface area contributed by atoms with E-state index in [-0.39, 0.29) is 33.3 Å². The van der Waals surface area contributed by atoms with Gasteiger partial charge in [0.15, 0.2) is 0 Å². The molecule has 1 heterocycles. The Morgan fingerprint density at radius 3 is 2.43 bits per heavy atom. The number of ether oxygens (including phenoxy) is 1. The highest BCUT2D eigenvalue weighted by Gasteiger charge is 2.29. The van der Waals surface area contributed by atoms with Crippen LogP contribution in [0.25, 0.3) is 0 Å². The Hall–Kier alpha value is -2.58. The summed E-state index contributed by atoms with van der Waals surface area (Å²) in [6.07, 6.45) is 1.03. The van der Waals surface area contributed by atoms with Crippen LogP contribution in [0.3, 0.4) is 0 Å². The van der Waals surface area contributed by atoms with Crippen LogP contribution in [0.5, 0.6) is 0 Å². The predicted molar refractivity (Wildman–Crippen MR) is 114 cm³/mol. The molecule has 0 aromatic heterocycles. The summed E-state index contributed by atoms with van der Waals surface area (Å²) in [6, 6.07) is 12.6. The quantitative estimate of drug-likeness (QED) is 0.679. The Bertz CT molecular complexity index is 1020. The third-order valence-electron chi connectivity index (χ3n) is 4.90. The molecule has 0 atom stereocenters. The summed E-state index contributed by atoms with van der Waals surface area (Å²) < 4.78 is 33.1. The minimum atomic E-state index is -3.97. The molecular weight excluding hydrogens is 428 g/mol. The molecule has 0 spiro atoms. The highest BCUT2D eigenvalue weighted by molar-refractivity contribution is 7.92. The second-order valence-corrected chi connectivity index (χ2v) is 8.99. The number of anilines is 1. The van der Waals surface area contributed by atoms with Crippen LogP contribution in [0.2, 0.25) is 5.02 Å². The topological polar surface area (TPSA) is 92.8 Å². The highest BCUT2D eigenvalue weighted by atomic mass is 35.5. The van der Waals surface area contributed by atoms with Crippen molar-refractivity contribution >= 4 is 39.2 Å². The Morgan fingerprint density at radius 2 is 1.80 bits per heavy atom. The van der Waals surface area contributed by atoms with Gasteiger partial charge in [-0.05, 0) is 50.1 Å². The molecule has 1 amide bonds. The number of carbonyl (C=O) groups excluding carboxylic acids is 2. The molecule has 1 saturated heterocycles. The fourth-order valence-electron chi connectivity index (χ4n) is 3.32. The molecule has 0 radical (unpaired) electrons. The Kier molecular flexibility index (Phi) is 6.99. The Labute approximate surface area is 181 Å². The lowest BCUT2D eigenvalue weighted by molar-refractivity contribution is -0.149. The summed E-state index contributed by atoms with van der Waals surface area (Å²) in [5.74, 6) is -0.758. The maximum absolute atomic E-state index is 12.9. The molecule has 2 aromatic carbocycles. The first-order chi connectivity index (χ1) is 14.3. The van der Waals surface area contributed by atoms with Gasteiger partial charge < -0.3 is 9.64 Å². The van der Waals surface area contributed by atoms with E-state index in [1.165, 1.54) is 18.2 Å². The number of nitrogens with zero attached hydrogens (tertiary/aromatic N) is 1. The molecule has 1 aliphatic heterocycles. The van der Waals surface area contributed by atoms with Crippen molar-refractivity contribution in [1.82, 2.24) is 4.90 Å². The van der Waals surface area contributed by atoms with Gasteiger partial charge in [0.25, 0.3) is 15.9 Å². The molecule has 0 aliphatic carbocycles. The normalized spacial score (nSPS) is 14.9. The molecule has 3 rings (SSSR count). The zero-order valence-electron chi connectivity index (χ0n) is 16.5. The summed E-state index contributed by atoms with van der Waals surface area (Å²) in [7, 11) is -3.97. The molecule has 0 unspecified atom stereocenters. The van der Waals surface area contributed by atoms with E-state index < -0.39 is 10.0 Å². The van der Waals surface area contributed by atoms with Crippen molar-refractivity contribution in [3.8, 4) is 0 Å². The monoisotopic (exact) mass is 450 g/mol. The van der Waals surface area contributed by atoms with Crippen LogP contribution in [0, 0.1) is 5.92 Å². The first-order valence-electron chi connectivity index (χ1n) is 9.65. The largest absolute Gasteiger partial charge is 0.466 e. The number of hydrogen-bond donors (Lipinski definition) is 1. The number of para-hydroxylation sites is 1. The fourth-order valence-corrected chi connectivity index (χ4v) is 4.91. The van der Waals surface area contributed by atoms with Crippen molar-refractivity contribution in [1.29, 1.82) is 0 Å². The van der Waals surface area contributed by atoms with E-state index in [9.17, 15) is 18.0 Å². The van der Waals surface area contributed by atoms with Crippen LogP contribution in [0.1, 0.15) is 30.1 Å². The number of sulfonamides is 1. The summed E-state index contributed by atoms with van der Waals surface area (Å²) in [5, 5.41) is 0.0241. The minimum absolute atomic E-state index is 0.0241. The summed E-state index contributed by atoms with van der Waals surface area (Å²) in [6.45, 7) is 2.89. The lowest BCUT2D eigenvalue weighted by atomic mass is 9.96. The van der Waals surface area contributed by atoms with Gasteiger partial charge in [0.05, 0.1) is 17.5 Å². The van der Waals surface area contributed by atoms with Gasteiger partial charge in [0.1, 0.15) is 4.90 Å². The van der Waals surface area contributed by atoms with E-state index >= 15 is 0 Å². The number of hydrogen-bond acceptors (Lipinski definition) is 5. The number of carbonyl (C=O) groups is 2. The molecule has 0 bridgehead atoms. The van der Waals surface area contributed by atoms with Crippen molar-refractivity contribution in [2.75, 3.05) is 24.4 Å². The van der Waals surface area contributed by atoms with Gasteiger partial charge in [-0.2, -0.15) is 0 Å². The van der Waals surface area contributed by atoms with Gasteiger partial charge in [-0.25, -0.2) is 8.42 Å². The van der Waals surface area contributed by atoms with Crippen molar-refractivity contribution in [3.05, 3.63) is 59.1 Å². The van der Waals surface area contributed by atoms with Crippen molar-refractivity contribution in [2.24, 2.45) is 5.92 Å². The van der Waals surface area contributed by atoms with E-state index in [0.717, 1.165) is 0 Å². The number of esters is 1. The van der Waals surface area contributed by atoms with Gasteiger partial charge in [-0.3, -0.25) is 14.3 Å². The number of benzene rings is 2. The number of piperidine rings is 1. The zero-order chi connectivity index (χ0) is 21.7. The number of likely N-dealkylation sites (tertiary alicyclic amines) is 1. The van der Waals surface area contributed by atoms with Crippen molar-refractivity contribution in [2.45, 2.75) is 24.7 Å². The van der Waals surface area contributed by atoms with Crippen molar-refractivity contribution < 1.29 is 22.7 Å². The van der Waals surface area contributed by atoms with E-state index in [2.05, 4.69) is 4.72 Å². The molecule has 0 saturated carbocycles. The Morgan fingerprint density at radius 1 is 1.13 bits per heavy atom. The number of halogens is 1. The Balaban J connectivity index is 1.75. The van der Waals surface area contributed by atoms with Gasteiger partial charge in [0, 0.05) is 24.3 Å². The molecule has 1 fully saturated rings. The predicted octanol–water partition coefficient (Wildman–Crippen LogP) is 3.56. The SMILES string of the molecule is CCOC(=O)C1CCN(C(=O)c2ccc(Cl)c(S(=O)(=O)Nc3ccccc3)c2)CC1. The van der Waals surface area contributed by atoms with Gasteiger partial charge >= 0.3 is 5.97 Å². The second-order valence-electron chi connectivity index (χ2n) is 6.94. The zero-order valence-corrected chi connectivity index (χ0v) is 18.1. The maximum Gasteiger partial charge on any atom is 0.309 e. The minimum Gasteiger partial charge on any atom is -0.466 e. The molecule has 2 aromatic rings. The molecular formula is C21H23ClN2O5S. The van der Waals surface area contributed by atoms with Gasteiger partial charge in [-0.1, -0.05) is 29.8 Å². The van der Waals surface area contributed by atoms with Crippen LogP contribution in [-0.2, 0) is 19.6 Å². The van der Waals surface area contributed by atoms with Crippen molar-refractivity contribution in [3.63, 3.8) is 0 Å². The lowest BCUT2D eigenvalue weighted by Gasteiger charge is -2.31. The second kappa shape index (κ2) is 9.49. The molecule has 1 aliphatic rings. The standard InChI is InChI=1S/C21H23ClN2O5S/c1-2-29-21(26)15-10-12-24(13-11-15)20(25)16-8-9-18(22)19(14-16)30(27,28)23-17-6-4-3-5-7-17/h3-9,14-15,23H,2,10-13H2,1H3. The number of rotatable bonds is 6. The van der Waals surface area contributed by atoms with E-state index in [1.807, 2.05) is 0 Å². The average Bonchev–Trinajstić information content (AvgIpc) is 2.74. The molecule has 1 N–H and O–H groups in total. The molecule has 30 heavy (non-hydrogen) atoms. The molecule has 160 valence electrons.